The van der Waals surface area contributed by atoms with Crippen molar-refractivity contribution in [2.45, 2.75) is 39.2 Å². The molecule has 3 aromatic carbocycles. The smallest absolute Gasteiger partial charge is 0.160 e. The summed E-state index contributed by atoms with van der Waals surface area (Å²) in [6, 6.07) is 19.3. The van der Waals surface area contributed by atoms with Crippen LogP contribution in [0.3, 0.4) is 0 Å². The van der Waals surface area contributed by atoms with Crippen LogP contribution in [0.4, 0.5) is 4.39 Å². The average Bonchev–Trinajstić information content (AvgIpc) is 2.95. The van der Waals surface area contributed by atoms with Gasteiger partial charge in [0.05, 0.1) is 0 Å². The SMILES string of the molecule is CC(=O)c1cc(F)ccc1Pc1cc(CC2C=CC=CC2)cc(CC2C=CC=CC2)c1OCc1ccccc1. The van der Waals surface area contributed by atoms with Crippen molar-refractivity contribution in [3.05, 3.63) is 137 Å². The Balaban J connectivity index is 1.56. The van der Waals surface area contributed by atoms with E-state index in [9.17, 15) is 9.18 Å². The van der Waals surface area contributed by atoms with Crippen molar-refractivity contribution in [1.29, 1.82) is 0 Å². The fourth-order valence-electron chi connectivity index (χ4n) is 5.23. The Kier molecular flexibility index (Phi) is 9.01. The molecule has 0 aromatic heterocycles. The second-order valence-corrected chi connectivity index (χ2v) is 11.6. The van der Waals surface area contributed by atoms with Gasteiger partial charge in [-0.3, -0.25) is 4.79 Å². The van der Waals surface area contributed by atoms with Crippen LogP contribution in [0.1, 0.15) is 46.8 Å². The van der Waals surface area contributed by atoms with E-state index < -0.39 is 5.82 Å². The Hall–Kier alpha value is -3.55. The van der Waals surface area contributed by atoms with E-state index in [1.54, 1.807) is 6.07 Å². The van der Waals surface area contributed by atoms with Crippen LogP contribution in [-0.2, 0) is 19.4 Å². The van der Waals surface area contributed by atoms with Crippen molar-refractivity contribution in [3.63, 3.8) is 0 Å². The predicted molar refractivity (Wildman–Crippen MR) is 161 cm³/mol. The summed E-state index contributed by atoms with van der Waals surface area (Å²) in [5.41, 5.74) is 4.01. The Labute approximate surface area is 232 Å². The van der Waals surface area contributed by atoms with Crippen molar-refractivity contribution in [2.24, 2.45) is 11.8 Å². The maximum absolute atomic E-state index is 14.1. The predicted octanol–water partition coefficient (Wildman–Crippen LogP) is 7.59. The minimum Gasteiger partial charge on any atom is -0.488 e. The number of Topliss-reactive ketones (excluding diaryl/α,β-unsaturated/α-hetero) is 1. The summed E-state index contributed by atoms with van der Waals surface area (Å²) in [6.45, 7) is 1.97. The zero-order valence-electron chi connectivity index (χ0n) is 22.3. The maximum Gasteiger partial charge on any atom is 0.160 e. The molecule has 3 aromatic rings. The van der Waals surface area contributed by atoms with E-state index in [2.05, 4.69) is 72.9 Å². The first-order chi connectivity index (χ1) is 19.0. The molecule has 0 saturated carbocycles. The second kappa shape index (κ2) is 13.0. The molecule has 3 unspecified atom stereocenters. The van der Waals surface area contributed by atoms with Crippen LogP contribution in [0, 0.1) is 17.7 Å². The summed E-state index contributed by atoms with van der Waals surface area (Å²) in [4.78, 5) is 12.4. The van der Waals surface area contributed by atoms with Gasteiger partial charge in [-0.05, 0) is 84.6 Å². The van der Waals surface area contributed by atoms with Gasteiger partial charge in [-0.2, -0.15) is 0 Å². The van der Waals surface area contributed by atoms with Gasteiger partial charge in [0, 0.05) is 10.9 Å². The lowest BCUT2D eigenvalue weighted by Gasteiger charge is -2.22. The summed E-state index contributed by atoms with van der Waals surface area (Å²) in [6.07, 6.45) is 21.3. The van der Waals surface area contributed by atoms with Gasteiger partial charge in [0.1, 0.15) is 18.2 Å². The fourth-order valence-corrected chi connectivity index (χ4v) is 6.67. The van der Waals surface area contributed by atoms with Crippen molar-refractivity contribution in [2.75, 3.05) is 0 Å². The zero-order valence-corrected chi connectivity index (χ0v) is 23.3. The van der Waals surface area contributed by atoms with Crippen LogP contribution < -0.4 is 15.3 Å². The Morgan fingerprint density at radius 1 is 0.846 bits per heavy atom. The highest BCUT2D eigenvalue weighted by atomic mass is 31.1. The third-order valence-electron chi connectivity index (χ3n) is 7.20. The monoisotopic (exact) mass is 536 g/mol. The molecular weight excluding hydrogens is 502 g/mol. The molecular formula is C35H34FO2P. The molecule has 0 saturated heterocycles. The van der Waals surface area contributed by atoms with E-state index >= 15 is 0 Å². The zero-order chi connectivity index (χ0) is 27.0. The number of benzene rings is 3. The van der Waals surface area contributed by atoms with Gasteiger partial charge in [-0.25, -0.2) is 4.39 Å². The molecule has 0 radical (unpaired) electrons. The van der Waals surface area contributed by atoms with Crippen molar-refractivity contribution >= 4 is 25.0 Å². The number of carbonyl (C=O) groups is 1. The van der Waals surface area contributed by atoms with Crippen molar-refractivity contribution < 1.29 is 13.9 Å². The average molecular weight is 537 g/mol. The molecule has 0 bridgehead atoms. The van der Waals surface area contributed by atoms with Crippen LogP contribution in [0.15, 0.2) is 109 Å². The summed E-state index contributed by atoms with van der Waals surface area (Å²) in [5, 5.41) is 1.91. The minimum absolute atomic E-state index is 0.126. The molecule has 2 aliphatic rings. The first kappa shape index (κ1) is 27.0. The van der Waals surface area contributed by atoms with Gasteiger partial charge in [0.25, 0.3) is 0 Å². The molecule has 39 heavy (non-hydrogen) atoms. The van der Waals surface area contributed by atoms with Gasteiger partial charge >= 0.3 is 0 Å². The van der Waals surface area contributed by atoms with Gasteiger partial charge < -0.3 is 4.74 Å². The number of hydrogen-bond donors (Lipinski definition) is 0. The van der Waals surface area contributed by atoms with Crippen LogP contribution in [0.5, 0.6) is 5.75 Å². The lowest BCUT2D eigenvalue weighted by Crippen LogP contribution is -2.18. The molecule has 3 atom stereocenters. The number of ketones is 1. The van der Waals surface area contributed by atoms with E-state index in [0.717, 1.165) is 47.6 Å². The lowest BCUT2D eigenvalue weighted by molar-refractivity contribution is 0.101. The van der Waals surface area contributed by atoms with E-state index in [-0.39, 0.29) is 14.4 Å². The van der Waals surface area contributed by atoms with Crippen LogP contribution in [0.2, 0.25) is 0 Å². The van der Waals surface area contributed by atoms with Crippen molar-refractivity contribution in [1.82, 2.24) is 0 Å². The number of rotatable bonds is 10. The molecule has 4 heteroatoms. The lowest BCUT2D eigenvalue weighted by atomic mass is 9.89. The van der Waals surface area contributed by atoms with Gasteiger partial charge in [0.15, 0.2) is 5.78 Å². The van der Waals surface area contributed by atoms with Crippen LogP contribution >= 0.6 is 8.58 Å². The number of hydrogen-bond acceptors (Lipinski definition) is 2. The third-order valence-corrected chi connectivity index (χ3v) is 8.55. The highest BCUT2D eigenvalue weighted by Gasteiger charge is 2.20. The van der Waals surface area contributed by atoms with E-state index in [1.807, 2.05) is 18.2 Å². The number of halogens is 1. The van der Waals surface area contributed by atoms with E-state index in [0.29, 0.717) is 24.0 Å². The number of ether oxygens (including phenoxy) is 1. The molecule has 0 amide bonds. The Morgan fingerprint density at radius 2 is 1.56 bits per heavy atom. The fraction of sp³-hybridized carbons (Fsp3) is 0.229. The highest BCUT2D eigenvalue weighted by Crippen LogP contribution is 2.32. The molecule has 0 N–H and O–H groups in total. The van der Waals surface area contributed by atoms with E-state index in [4.69, 9.17) is 4.74 Å². The molecule has 0 fully saturated rings. The number of allylic oxidation sites excluding steroid dienone is 8. The first-order valence-corrected chi connectivity index (χ1v) is 14.6. The topological polar surface area (TPSA) is 26.3 Å². The van der Waals surface area contributed by atoms with Crippen LogP contribution in [0.25, 0.3) is 0 Å². The molecule has 0 aliphatic heterocycles. The van der Waals surface area contributed by atoms with Crippen molar-refractivity contribution in [3.8, 4) is 5.75 Å². The molecule has 0 heterocycles. The van der Waals surface area contributed by atoms with Gasteiger partial charge in [-0.15, -0.1) is 0 Å². The Morgan fingerprint density at radius 3 is 2.23 bits per heavy atom. The summed E-state index contributed by atoms with van der Waals surface area (Å²) >= 11 is 0. The largest absolute Gasteiger partial charge is 0.488 e. The molecule has 5 rings (SSSR count). The number of carbonyl (C=O) groups excluding carboxylic acids is 1. The third kappa shape index (κ3) is 7.31. The summed E-state index contributed by atoms with van der Waals surface area (Å²) < 4.78 is 20.7. The van der Waals surface area contributed by atoms with Gasteiger partial charge in [0.2, 0.25) is 0 Å². The molecule has 2 nitrogen and oxygen atoms in total. The quantitative estimate of drug-likeness (QED) is 0.197. The minimum atomic E-state index is -0.391. The Bertz CT molecular complexity index is 1430. The van der Waals surface area contributed by atoms with Crippen LogP contribution in [-0.4, -0.2) is 5.78 Å². The van der Waals surface area contributed by atoms with E-state index in [1.165, 1.54) is 30.2 Å². The first-order valence-electron chi connectivity index (χ1n) is 13.6. The van der Waals surface area contributed by atoms with Gasteiger partial charge in [-0.1, -0.05) is 99.7 Å². The molecule has 198 valence electrons. The second-order valence-electron chi connectivity index (χ2n) is 10.3. The normalized spacial score (nSPS) is 18.2. The standard InChI is InChI=1S/C35H34FO2P/c1-25(37)32-23-31(36)17-18-33(32)39-34-22-29(19-26-11-5-2-6-12-26)21-30(20-27-13-7-3-8-14-27)35(34)38-24-28-15-9-4-10-16-28/h2-11,13,15-18,21-23,26-27,39H,12,14,19-20,24H2,1H3. The molecule has 0 spiro atoms. The summed E-state index contributed by atoms with van der Waals surface area (Å²) in [7, 11) is 0.172. The molecule has 2 aliphatic carbocycles. The maximum atomic E-state index is 14.1. The highest BCUT2D eigenvalue weighted by molar-refractivity contribution is 7.56. The summed E-state index contributed by atoms with van der Waals surface area (Å²) in [5.74, 6) is 1.22.